The molecule has 4 N–H and O–H groups in total. The molecule has 0 bridgehead atoms. The number of benzene rings is 1. The first-order chi connectivity index (χ1) is 13.1. The van der Waals surface area contributed by atoms with E-state index in [0.717, 1.165) is 0 Å². The Bertz CT molecular complexity index is 708. The number of aliphatic hydroxyl groups is 4. The lowest BCUT2D eigenvalue weighted by molar-refractivity contribution is -0.122. The third kappa shape index (κ3) is 6.27. The van der Waals surface area contributed by atoms with Gasteiger partial charge in [0.2, 0.25) is 0 Å². The second-order valence-electron chi connectivity index (χ2n) is 6.18. The number of hydrogen-bond donors (Lipinski definition) is 4. The molecular weight excluding hydrogens is 411 g/mol. The van der Waals surface area contributed by atoms with Crippen LogP contribution in [0.1, 0.15) is 36.5 Å². The van der Waals surface area contributed by atoms with Crippen LogP contribution in [0.15, 0.2) is 24.3 Å². The molecule has 0 aromatic heterocycles. The Balaban J connectivity index is 2.70. The van der Waals surface area contributed by atoms with Crippen LogP contribution in [-0.2, 0) is 4.79 Å². The number of carbonyl (C=O) groups excluding carboxylic acids is 2. The summed E-state index contributed by atoms with van der Waals surface area (Å²) in [5.41, 5.74) is 0.590. The number of ketones is 1. The van der Waals surface area contributed by atoms with Gasteiger partial charge in [-0.25, -0.2) is 0 Å². The lowest BCUT2D eigenvalue weighted by atomic mass is 9.99. The summed E-state index contributed by atoms with van der Waals surface area (Å²) in [6, 6.07) is 2.91. The van der Waals surface area contributed by atoms with Gasteiger partial charge in [0.05, 0.1) is 23.8 Å². The zero-order valence-corrected chi connectivity index (χ0v) is 16.9. The van der Waals surface area contributed by atoms with Crippen LogP contribution in [0.4, 0.5) is 0 Å². The van der Waals surface area contributed by atoms with Gasteiger partial charge in [-0.1, -0.05) is 36.7 Å². The van der Waals surface area contributed by atoms with Crippen molar-refractivity contribution in [2.24, 2.45) is 0 Å². The summed E-state index contributed by atoms with van der Waals surface area (Å²) in [5, 5.41) is 39.0. The van der Waals surface area contributed by atoms with Crippen molar-refractivity contribution >= 4 is 35.3 Å². The zero-order chi connectivity index (χ0) is 21.4. The Hall–Kier alpha value is -1.48. The Kier molecular flexibility index (Phi) is 10.1. The van der Waals surface area contributed by atoms with Crippen molar-refractivity contribution in [3.8, 4) is 5.75 Å². The minimum absolute atomic E-state index is 0.0201. The third-order valence-electron chi connectivity index (χ3n) is 4.19. The Morgan fingerprint density at radius 2 is 1.75 bits per heavy atom. The van der Waals surface area contributed by atoms with Gasteiger partial charge in [0.15, 0.2) is 5.78 Å². The van der Waals surface area contributed by atoms with Gasteiger partial charge in [0, 0.05) is 18.4 Å². The minimum Gasteiger partial charge on any atom is -0.492 e. The van der Waals surface area contributed by atoms with Gasteiger partial charge >= 0.3 is 0 Å². The van der Waals surface area contributed by atoms with E-state index in [2.05, 4.69) is 6.58 Å². The summed E-state index contributed by atoms with van der Waals surface area (Å²) in [6.45, 7) is 5.37. The predicted octanol–water partition coefficient (Wildman–Crippen LogP) is 1.94. The zero-order valence-electron chi connectivity index (χ0n) is 15.3. The molecule has 0 aliphatic heterocycles. The molecule has 0 aliphatic carbocycles. The normalized spacial score (nSPS) is 15.4. The molecule has 0 fully saturated rings. The average molecular weight is 435 g/mol. The smallest absolute Gasteiger partial charge is 0.189 e. The maximum atomic E-state index is 12.2. The highest BCUT2D eigenvalue weighted by atomic mass is 35.5. The largest absolute Gasteiger partial charge is 0.492 e. The van der Waals surface area contributed by atoms with E-state index in [1.54, 1.807) is 6.92 Å². The van der Waals surface area contributed by atoms with Gasteiger partial charge in [-0.3, -0.25) is 4.79 Å². The molecule has 0 aliphatic rings. The predicted molar refractivity (Wildman–Crippen MR) is 105 cm³/mol. The topological polar surface area (TPSA) is 124 Å². The standard InChI is InChI=1S/C19H24Cl2O7/c1-3-10(2)17(25)11-4-5-14(16(21)15(11)20)28-9-7-13(24)19(27)18(26)12(23)6-8-22/h4-5,8,12-13,18-19,23-24,26-27H,2-3,6-7,9H2,1H3/t12-,13?,18+,19-/m1/s1. The number of aldehydes is 1. The highest BCUT2D eigenvalue weighted by Crippen LogP contribution is 2.36. The van der Waals surface area contributed by atoms with Crippen LogP contribution in [0.5, 0.6) is 5.75 Å². The van der Waals surface area contributed by atoms with E-state index < -0.39 is 24.4 Å². The maximum absolute atomic E-state index is 12.2. The molecule has 1 unspecified atom stereocenters. The molecule has 0 spiro atoms. The van der Waals surface area contributed by atoms with Crippen LogP contribution >= 0.6 is 23.2 Å². The van der Waals surface area contributed by atoms with Crippen LogP contribution in [-0.4, -0.2) is 63.5 Å². The Morgan fingerprint density at radius 3 is 2.32 bits per heavy atom. The van der Waals surface area contributed by atoms with Gasteiger partial charge in [-0.15, -0.1) is 0 Å². The van der Waals surface area contributed by atoms with E-state index in [1.165, 1.54) is 12.1 Å². The molecule has 28 heavy (non-hydrogen) atoms. The third-order valence-corrected chi connectivity index (χ3v) is 5.05. The lowest BCUT2D eigenvalue weighted by Crippen LogP contribution is -2.45. The Labute approximate surface area is 173 Å². The molecule has 156 valence electrons. The van der Waals surface area contributed by atoms with Crippen LogP contribution in [0.2, 0.25) is 10.0 Å². The van der Waals surface area contributed by atoms with Crippen molar-refractivity contribution in [1.29, 1.82) is 0 Å². The molecule has 0 amide bonds. The number of aliphatic hydroxyl groups excluding tert-OH is 4. The molecule has 9 heteroatoms. The monoisotopic (exact) mass is 434 g/mol. The number of ether oxygens (including phenoxy) is 1. The summed E-state index contributed by atoms with van der Waals surface area (Å²) in [5.74, 6) is -0.143. The van der Waals surface area contributed by atoms with E-state index in [1.807, 2.05) is 0 Å². The van der Waals surface area contributed by atoms with E-state index in [9.17, 15) is 30.0 Å². The summed E-state index contributed by atoms with van der Waals surface area (Å²) in [6.07, 6.45) is -5.87. The maximum Gasteiger partial charge on any atom is 0.189 e. The first-order valence-corrected chi connectivity index (χ1v) is 9.40. The fraction of sp³-hybridized carbons (Fsp3) is 0.474. The molecule has 1 aromatic rings. The van der Waals surface area contributed by atoms with Crippen molar-refractivity contribution < 1.29 is 34.8 Å². The summed E-state index contributed by atoms with van der Waals surface area (Å²) in [4.78, 5) is 22.5. The summed E-state index contributed by atoms with van der Waals surface area (Å²) >= 11 is 12.3. The van der Waals surface area contributed by atoms with E-state index in [0.29, 0.717) is 18.3 Å². The molecule has 0 radical (unpaired) electrons. The second-order valence-corrected chi connectivity index (χ2v) is 6.94. The number of halogens is 2. The van der Waals surface area contributed by atoms with Crippen molar-refractivity contribution in [2.75, 3.05) is 6.61 Å². The number of allylic oxidation sites excluding steroid dienone is 1. The number of Topliss-reactive ketones (excluding diaryl/α,β-unsaturated/α-hetero) is 1. The van der Waals surface area contributed by atoms with E-state index in [-0.39, 0.29) is 46.6 Å². The molecule has 0 saturated carbocycles. The number of hydrogen-bond acceptors (Lipinski definition) is 7. The average Bonchev–Trinajstić information content (AvgIpc) is 2.68. The van der Waals surface area contributed by atoms with Gasteiger partial charge in [0.1, 0.15) is 29.3 Å². The van der Waals surface area contributed by atoms with Gasteiger partial charge < -0.3 is 30.0 Å². The first kappa shape index (κ1) is 24.6. The van der Waals surface area contributed by atoms with Gasteiger partial charge in [0.25, 0.3) is 0 Å². The quantitative estimate of drug-likeness (QED) is 0.225. The van der Waals surface area contributed by atoms with E-state index >= 15 is 0 Å². The Morgan fingerprint density at radius 1 is 1.14 bits per heavy atom. The number of carbonyl (C=O) groups is 2. The SMILES string of the molecule is C=C(CC)C(=O)c1ccc(OCCC(O)[C@@H](O)[C@@H](O)[C@H](O)CC=O)c(Cl)c1Cl. The highest BCUT2D eigenvalue weighted by Gasteiger charge is 2.30. The van der Waals surface area contributed by atoms with Gasteiger partial charge in [-0.2, -0.15) is 0 Å². The van der Waals surface area contributed by atoms with Crippen molar-refractivity contribution in [2.45, 2.75) is 50.6 Å². The molecule has 1 rings (SSSR count). The molecular formula is C19H24Cl2O7. The molecule has 1 aromatic carbocycles. The summed E-state index contributed by atoms with van der Waals surface area (Å²) in [7, 11) is 0. The number of rotatable bonds is 12. The van der Waals surface area contributed by atoms with E-state index in [4.69, 9.17) is 27.9 Å². The van der Waals surface area contributed by atoms with Crippen molar-refractivity contribution in [3.63, 3.8) is 0 Å². The lowest BCUT2D eigenvalue weighted by Gasteiger charge is -2.25. The van der Waals surface area contributed by atoms with Crippen LogP contribution in [0, 0.1) is 0 Å². The summed E-state index contributed by atoms with van der Waals surface area (Å²) < 4.78 is 5.43. The fourth-order valence-corrected chi connectivity index (χ4v) is 2.78. The van der Waals surface area contributed by atoms with Gasteiger partial charge in [-0.05, 0) is 24.1 Å². The minimum atomic E-state index is -1.69. The van der Waals surface area contributed by atoms with Crippen LogP contribution < -0.4 is 4.74 Å². The fourth-order valence-electron chi connectivity index (χ4n) is 2.32. The van der Waals surface area contributed by atoms with Crippen LogP contribution in [0.3, 0.4) is 0 Å². The molecule has 0 saturated heterocycles. The molecule has 7 nitrogen and oxygen atoms in total. The van der Waals surface area contributed by atoms with Crippen molar-refractivity contribution in [3.05, 3.63) is 39.9 Å². The van der Waals surface area contributed by atoms with Crippen molar-refractivity contribution in [1.82, 2.24) is 0 Å². The van der Waals surface area contributed by atoms with Crippen LogP contribution in [0.25, 0.3) is 0 Å². The highest BCUT2D eigenvalue weighted by molar-refractivity contribution is 6.45. The molecule has 4 atom stereocenters. The second kappa shape index (κ2) is 11.5. The first-order valence-electron chi connectivity index (χ1n) is 8.64. The molecule has 0 heterocycles.